The number of aliphatic hydroxyl groups excluding tert-OH is 1. The maximum Gasteiger partial charge on any atom is 0.240 e. The van der Waals surface area contributed by atoms with Crippen molar-refractivity contribution < 1.29 is 24.2 Å². The number of nitriles is 1. The number of rotatable bonds is 8. The molecule has 3 heterocycles. The lowest BCUT2D eigenvalue weighted by atomic mass is 9.67. The minimum atomic E-state index is -0.746. The zero-order valence-corrected chi connectivity index (χ0v) is 21.4. The van der Waals surface area contributed by atoms with Gasteiger partial charge in [-0.1, -0.05) is 36.4 Å². The summed E-state index contributed by atoms with van der Waals surface area (Å²) < 4.78 is 12.6. The van der Waals surface area contributed by atoms with Crippen LogP contribution in [0.1, 0.15) is 43.7 Å². The first-order valence-electron chi connectivity index (χ1n) is 13.2. The van der Waals surface area contributed by atoms with E-state index >= 15 is 0 Å². The Balaban J connectivity index is 1.25. The molecule has 3 fully saturated rings. The lowest BCUT2D eigenvalue weighted by Crippen LogP contribution is -2.43. The summed E-state index contributed by atoms with van der Waals surface area (Å²) in [5, 5.41) is 20.0. The number of nitrogens with zero attached hydrogens (tertiary/aromatic N) is 2. The van der Waals surface area contributed by atoms with Gasteiger partial charge in [-0.15, -0.1) is 0 Å². The summed E-state index contributed by atoms with van der Waals surface area (Å²) >= 11 is 0. The highest BCUT2D eigenvalue weighted by atomic mass is 16.5. The summed E-state index contributed by atoms with van der Waals surface area (Å²) in [7, 11) is 0. The van der Waals surface area contributed by atoms with E-state index in [1.807, 2.05) is 55.5 Å². The van der Waals surface area contributed by atoms with Gasteiger partial charge in [0.1, 0.15) is 5.75 Å². The fourth-order valence-electron chi connectivity index (χ4n) is 6.80. The summed E-state index contributed by atoms with van der Waals surface area (Å²) in [6.07, 6.45) is 3.47. The van der Waals surface area contributed by atoms with Crippen molar-refractivity contribution in [1.82, 2.24) is 0 Å². The molecule has 7 heteroatoms. The number of benzene rings is 3. The molecule has 194 valence electrons. The van der Waals surface area contributed by atoms with Gasteiger partial charge in [0.2, 0.25) is 11.8 Å². The van der Waals surface area contributed by atoms with Crippen LogP contribution >= 0.6 is 0 Å². The van der Waals surface area contributed by atoms with Crippen LogP contribution in [0.4, 0.5) is 5.69 Å². The van der Waals surface area contributed by atoms with Gasteiger partial charge in [0, 0.05) is 23.8 Å². The molecule has 0 radical (unpaired) electrons. The quantitative estimate of drug-likeness (QED) is 0.447. The maximum absolute atomic E-state index is 14.0. The molecular formula is C31H30N2O5. The normalized spacial score (nSPS) is 27.7. The van der Waals surface area contributed by atoms with E-state index < -0.39 is 23.0 Å². The van der Waals surface area contributed by atoms with Crippen molar-refractivity contribution in [2.75, 3.05) is 18.1 Å². The van der Waals surface area contributed by atoms with E-state index in [0.29, 0.717) is 42.5 Å². The van der Waals surface area contributed by atoms with E-state index in [2.05, 4.69) is 6.07 Å². The lowest BCUT2D eigenvalue weighted by Gasteiger charge is -2.31. The largest absolute Gasteiger partial charge is 0.493 e. The van der Waals surface area contributed by atoms with Crippen molar-refractivity contribution in [3.05, 3.63) is 71.8 Å². The molecule has 3 aliphatic rings. The first-order chi connectivity index (χ1) is 18.4. The van der Waals surface area contributed by atoms with Crippen LogP contribution in [-0.2, 0) is 20.7 Å². The molecule has 2 amide bonds. The minimum Gasteiger partial charge on any atom is -0.493 e. The smallest absolute Gasteiger partial charge is 0.240 e. The molecule has 3 aromatic rings. The number of carbonyl (C=O) groups excluding carboxylic acids is 2. The first kappa shape index (κ1) is 24.6. The van der Waals surface area contributed by atoms with Gasteiger partial charge in [-0.25, -0.2) is 4.90 Å². The summed E-state index contributed by atoms with van der Waals surface area (Å²) in [5.74, 6) is -0.814. The molecule has 38 heavy (non-hydrogen) atoms. The van der Waals surface area contributed by atoms with Crippen molar-refractivity contribution in [2.24, 2.45) is 11.8 Å². The number of hydrogen-bond acceptors (Lipinski definition) is 6. The fourth-order valence-corrected chi connectivity index (χ4v) is 6.80. The van der Waals surface area contributed by atoms with Crippen LogP contribution in [0, 0.1) is 23.2 Å². The summed E-state index contributed by atoms with van der Waals surface area (Å²) in [4.78, 5) is 29.2. The number of hydrogen-bond donors (Lipinski definition) is 1. The predicted molar refractivity (Wildman–Crippen MR) is 142 cm³/mol. The van der Waals surface area contributed by atoms with Crippen LogP contribution in [0.2, 0.25) is 0 Å². The van der Waals surface area contributed by atoms with Gasteiger partial charge in [0.15, 0.2) is 0 Å². The molecule has 0 aromatic heterocycles. The molecule has 0 spiro atoms. The second-order valence-electron chi connectivity index (χ2n) is 10.8. The predicted octanol–water partition coefficient (Wildman–Crippen LogP) is 4.53. The van der Waals surface area contributed by atoms with Crippen LogP contribution in [0.5, 0.6) is 5.75 Å². The Morgan fingerprint density at radius 2 is 1.76 bits per heavy atom. The summed E-state index contributed by atoms with van der Waals surface area (Å²) in [6.45, 7) is 2.50. The number of imide groups is 1. The van der Waals surface area contributed by atoms with E-state index in [4.69, 9.17) is 14.6 Å². The second-order valence-corrected chi connectivity index (χ2v) is 10.8. The number of anilines is 1. The third-order valence-electron chi connectivity index (χ3n) is 8.62. The molecule has 1 N–H and O–H groups in total. The number of ether oxygens (including phenoxy) is 2. The summed E-state index contributed by atoms with van der Waals surface area (Å²) in [5.41, 5.74) is 0.741. The lowest BCUT2D eigenvalue weighted by molar-refractivity contribution is -0.131. The van der Waals surface area contributed by atoms with E-state index in [1.165, 1.54) is 4.90 Å². The van der Waals surface area contributed by atoms with Crippen LogP contribution in [0.3, 0.4) is 0 Å². The Morgan fingerprint density at radius 1 is 1.03 bits per heavy atom. The topological polar surface area (TPSA) is 99.9 Å². The highest BCUT2D eigenvalue weighted by Crippen LogP contribution is 2.62. The monoisotopic (exact) mass is 510 g/mol. The highest BCUT2D eigenvalue weighted by molar-refractivity contribution is 6.26. The van der Waals surface area contributed by atoms with Crippen LogP contribution in [0.25, 0.3) is 10.8 Å². The molecule has 0 saturated carbocycles. The maximum atomic E-state index is 14.0. The Kier molecular flexibility index (Phi) is 5.97. The van der Waals surface area contributed by atoms with Gasteiger partial charge in [-0.05, 0) is 62.4 Å². The number of carbonyl (C=O) groups is 2. The Hall–Kier alpha value is -3.73. The zero-order valence-electron chi connectivity index (χ0n) is 21.4. The van der Waals surface area contributed by atoms with Gasteiger partial charge in [0.05, 0.1) is 47.0 Å². The molecule has 2 bridgehead atoms. The van der Waals surface area contributed by atoms with Crippen molar-refractivity contribution in [1.29, 1.82) is 5.26 Å². The molecule has 3 aliphatic heterocycles. The van der Waals surface area contributed by atoms with Gasteiger partial charge in [-0.2, -0.15) is 5.26 Å². The van der Waals surface area contributed by atoms with E-state index in [1.54, 1.807) is 12.1 Å². The minimum absolute atomic E-state index is 0.168. The first-order valence-corrected chi connectivity index (χ1v) is 13.2. The average molecular weight is 511 g/mol. The molecule has 0 unspecified atom stereocenters. The van der Waals surface area contributed by atoms with E-state index in [-0.39, 0.29) is 18.4 Å². The highest BCUT2D eigenvalue weighted by Gasteiger charge is 2.73. The standard InChI is InChI=1S/C31H30N2O5/c1-30-14-15-31(38-30,16-18-37-22-11-8-20(9-12-22)5-4-17-34)27-26(30)28(35)33(29(27)36)25-13-10-21(19-32)23-6-2-3-7-24(23)25/h2-3,6-13,26-27,34H,4-5,14-18H2,1H3/t26-,27+,30-,31-/m0/s1. The summed E-state index contributed by atoms with van der Waals surface area (Å²) in [6, 6.07) is 20.8. The molecule has 3 aromatic carbocycles. The van der Waals surface area contributed by atoms with Crippen molar-refractivity contribution in [3.63, 3.8) is 0 Å². The number of amides is 2. The molecule has 7 nitrogen and oxygen atoms in total. The van der Waals surface area contributed by atoms with Gasteiger partial charge in [-0.3, -0.25) is 9.59 Å². The third-order valence-corrected chi connectivity index (χ3v) is 8.62. The number of fused-ring (bicyclic) bond motifs is 6. The molecule has 0 aliphatic carbocycles. The van der Waals surface area contributed by atoms with Crippen molar-refractivity contribution in [2.45, 2.75) is 50.2 Å². The van der Waals surface area contributed by atoms with Crippen molar-refractivity contribution in [3.8, 4) is 11.8 Å². The number of aryl methyl sites for hydroxylation is 1. The molecule has 4 atom stereocenters. The van der Waals surface area contributed by atoms with Crippen molar-refractivity contribution >= 4 is 28.3 Å². The van der Waals surface area contributed by atoms with Crippen LogP contribution in [-0.4, -0.2) is 41.3 Å². The Morgan fingerprint density at radius 3 is 2.50 bits per heavy atom. The number of aliphatic hydroxyl groups is 1. The van der Waals surface area contributed by atoms with Crippen LogP contribution in [0.15, 0.2) is 60.7 Å². The van der Waals surface area contributed by atoms with Crippen LogP contribution < -0.4 is 9.64 Å². The fraction of sp³-hybridized carbons (Fsp3) is 0.387. The molecule has 3 saturated heterocycles. The molecular weight excluding hydrogens is 480 g/mol. The Bertz CT molecular complexity index is 1460. The van der Waals surface area contributed by atoms with Gasteiger partial charge >= 0.3 is 0 Å². The third kappa shape index (κ3) is 3.71. The second kappa shape index (κ2) is 9.23. The van der Waals surface area contributed by atoms with E-state index in [0.717, 1.165) is 29.5 Å². The van der Waals surface area contributed by atoms with E-state index in [9.17, 15) is 14.9 Å². The SMILES string of the molecule is C[C@@]12CC[C@@](CCOc3ccc(CCCO)cc3)(O1)[C@H]1C(=O)N(c3ccc(C#N)c4ccccc34)C(=O)[C@H]12. The van der Waals surface area contributed by atoms with Gasteiger partial charge < -0.3 is 14.6 Å². The Labute approximate surface area is 221 Å². The molecule has 6 rings (SSSR count). The zero-order chi connectivity index (χ0) is 26.5. The van der Waals surface area contributed by atoms with Gasteiger partial charge in [0.25, 0.3) is 0 Å². The average Bonchev–Trinajstić information content (AvgIpc) is 3.51.